The van der Waals surface area contributed by atoms with Gasteiger partial charge in [0.15, 0.2) is 0 Å². The molecule has 0 fully saturated rings. The molecule has 0 aromatic carbocycles. The Morgan fingerprint density at radius 2 is 2.13 bits per heavy atom. The lowest BCUT2D eigenvalue weighted by Crippen LogP contribution is -2.03. The molecule has 0 spiro atoms. The fraction of sp³-hybridized carbons (Fsp3) is 0.444. The van der Waals surface area contributed by atoms with Crippen LogP contribution in [-0.4, -0.2) is 36.3 Å². The van der Waals surface area contributed by atoms with Gasteiger partial charge in [0.2, 0.25) is 6.08 Å². The largest absolute Gasteiger partial charge is 0.481 e. The molecule has 0 radical (unpaired) electrons. The maximum atomic E-state index is 10.3. The quantitative estimate of drug-likeness (QED) is 0.237. The molecule has 0 aliphatic carbocycles. The second-order valence-corrected chi connectivity index (χ2v) is 2.09. The normalized spacial score (nSPS) is 7.53. The van der Waals surface area contributed by atoms with Crippen LogP contribution < -0.4 is 0 Å². The van der Waals surface area contributed by atoms with E-state index in [1.807, 2.05) is 0 Å². The lowest BCUT2D eigenvalue weighted by Gasteiger charge is -1.94. The Balaban J connectivity index is 0. The average molecular weight is 215 g/mol. The van der Waals surface area contributed by atoms with Crippen molar-refractivity contribution in [3.8, 4) is 0 Å². The monoisotopic (exact) mass is 215 g/mol. The summed E-state index contributed by atoms with van der Waals surface area (Å²) in [6.45, 7) is 5.03. The van der Waals surface area contributed by atoms with E-state index in [1.165, 1.54) is 6.08 Å². The standard InChI is InChI=1S/C6H7NO3.C3H6O2/c1-2-6(9)10-4-3-7-5-8;1-2-3(4)5/h2H,1,3-4H2;2H2,1H3,(H,4,5). The Morgan fingerprint density at radius 1 is 1.60 bits per heavy atom. The van der Waals surface area contributed by atoms with Gasteiger partial charge in [0, 0.05) is 12.5 Å². The lowest BCUT2D eigenvalue weighted by atomic mass is 10.5. The number of carbonyl (C=O) groups is 2. The van der Waals surface area contributed by atoms with Crippen molar-refractivity contribution < 1.29 is 24.2 Å². The Labute approximate surface area is 87.3 Å². The van der Waals surface area contributed by atoms with Gasteiger partial charge in [0.05, 0.1) is 6.54 Å². The van der Waals surface area contributed by atoms with Crippen LogP contribution in [0.1, 0.15) is 13.3 Å². The van der Waals surface area contributed by atoms with E-state index in [2.05, 4.69) is 16.3 Å². The number of isocyanates is 1. The van der Waals surface area contributed by atoms with Crippen molar-refractivity contribution in [2.75, 3.05) is 13.2 Å². The number of nitrogens with zero attached hydrogens (tertiary/aromatic N) is 1. The summed E-state index contributed by atoms with van der Waals surface area (Å²) < 4.78 is 4.46. The van der Waals surface area contributed by atoms with Gasteiger partial charge in [-0.2, -0.15) is 0 Å². The molecule has 0 rings (SSSR count). The highest BCUT2D eigenvalue weighted by Gasteiger charge is 1.91. The minimum Gasteiger partial charge on any atom is -0.481 e. The van der Waals surface area contributed by atoms with Crippen LogP contribution in [0, 0.1) is 0 Å². The smallest absolute Gasteiger partial charge is 0.330 e. The van der Waals surface area contributed by atoms with Crippen molar-refractivity contribution in [3.63, 3.8) is 0 Å². The minimum absolute atomic E-state index is 0.0973. The predicted molar refractivity (Wildman–Crippen MR) is 52.1 cm³/mol. The maximum absolute atomic E-state index is 10.3. The summed E-state index contributed by atoms with van der Waals surface area (Å²) in [6.07, 6.45) is 2.59. The molecule has 0 unspecified atom stereocenters. The molecule has 0 saturated heterocycles. The first kappa shape index (κ1) is 15.5. The van der Waals surface area contributed by atoms with E-state index in [0.29, 0.717) is 0 Å². The molecule has 0 aliphatic heterocycles. The number of carbonyl (C=O) groups excluding carboxylic acids is 2. The zero-order valence-electron chi connectivity index (χ0n) is 8.43. The van der Waals surface area contributed by atoms with Crippen LogP contribution in [-0.2, 0) is 19.1 Å². The molecule has 6 heteroatoms. The van der Waals surface area contributed by atoms with E-state index in [1.54, 1.807) is 6.92 Å². The summed E-state index contributed by atoms with van der Waals surface area (Å²) in [4.78, 5) is 32.3. The molecule has 0 amide bonds. The van der Waals surface area contributed by atoms with E-state index in [0.717, 1.165) is 6.08 Å². The third-order valence-electron chi connectivity index (χ3n) is 0.981. The minimum atomic E-state index is -0.745. The fourth-order valence-corrected chi connectivity index (χ4v) is 0.296. The summed E-state index contributed by atoms with van der Waals surface area (Å²) in [6, 6.07) is 0. The van der Waals surface area contributed by atoms with Gasteiger partial charge in [-0.15, -0.1) is 0 Å². The van der Waals surface area contributed by atoms with Crippen LogP contribution in [0.3, 0.4) is 0 Å². The Kier molecular flexibility index (Phi) is 12.5. The Bertz CT molecular complexity index is 255. The summed E-state index contributed by atoms with van der Waals surface area (Å²) in [5, 5.41) is 7.72. The number of rotatable bonds is 5. The van der Waals surface area contributed by atoms with Crippen molar-refractivity contribution >= 4 is 18.0 Å². The van der Waals surface area contributed by atoms with Crippen molar-refractivity contribution in [1.82, 2.24) is 0 Å². The number of esters is 1. The highest BCUT2D eigenvalue weighted by molar-refractivity contribution is 5.81. The fourth-order valence-electron chi connectivity index (χ4n) is 0.296. The zero-order valence-corrected chi connectivity index (χ0v) is 8.43. The third-order valence-corrected chi connectivity index (χ3v) is 0.981. The Hall–Kier alpha value is -1.94. The maximum Gasteiger partial charge on any atom is 0.330 e. The molecule has 0 saturated carbocycles. The van der Waals surface area contributed by atoms with Crippen molar-refractivity contribution in [1.29, 1.82) is 0 Å². The van der Waals surface area contributed by atoms with E-state index >= 15 is 0 Å². The number of aliphatic imine (C=N–C) groups is 1. The summed E-state index contributed by atoms with van der Waals surface area (Å²) in [5.74, 6) is -1.26. The predicted octanol–water partition coefficient (Wildman–Crippen LogP) is 0.532. The van der Waals surface area contributed by atoms with Gasteiger partial charge in [-0.1, -0.05) is 13.5 Å². The van der Waals surface area contributed by atoms with Gasteiger partial charge in [-0.05, 0) is 0 Å². The van der Waals surface area contributed by atoms with Crippen LogP contribution in [0.15, 0.2) is 17.6 Å². The molecular weight excluding hydrogens is 202 g/mol. The van der Waals surface area contributed by atoms with Gasteiger partial charge in [0.1, 0.15) is 6.61 Å². The van der Waals surface area contributed by atoms with Crippen molar-refractivity contribution in [3.05, 3.63) is 12.7 Å². The molecule has 6 nitrogen and oxygen atoms in total. The summed E-state index contributed by atoms with van der Waals surface area (Å²) in [5.41, 5.74) is 0. The van der Waals surface area contributed by atoms with Gasteiger partial charge in [0.25, 0.3) is 0 Å². The highest BCUT2D eigenvalue weighted by Crippen LogP contribution is 1.78. The van der Waals surface area contributed by atoms with E-state index in [9.17, 15) is 14.4 Å². The number of aliphatic carboxylic acids is 1. The van der Waals surface area contributed by atoms with Crippen LogP contribution >= 0.6 is 0 Å². The van der Waals surface area contributed by atoms with Crippen LogP contribution in [0.25, 0.3) is 0 Å². The molecule has 0 atom stereocenters. The molecule has 0 aromatic heterocycles. The summed E-state index contributed by atoms with van der Waals surface area (Å²) in [7, 11) is 0. The van der Waals surface area contributed by atoms with Crippen LogP contribution in [0.2, 0.25) is 0 Å². The first-order valence-corrected chi connectivity index (χ1v) is 4.13. The first-order chi connectivity index (χ1) is 7.08. The van der Waals surface area contributed by atoms with Gasteiger partial charge in [-0.25, -0.2) is 14.6 Å². The second-order valence-electron chi connectivity index (χ2n) is 2.09. The number of carboxylic acids is 1. The number of hydrogen-bond acceptors (Lipinski definition) is 5. The van der Waals surface area contributed by atoms with Crippen molar-refractivity contribution in [2.24, 2.45) is 4.99 Å². The molecule has 0 heterocycles. The lowest BCUT2D eigenvalue weighted by molar-refractivity contribution is -0.138. The highest BCUT2D eigenvalue weighted by atomic mass is 16.5. The molecule has 1 N–H and O–H groups in total. The van der Waals surface area contributed by atoms with Crippen LogP contribution in [0.5, 0.6) is 0 Å². The molecular formula is C9H13NO5. The number of carboxylic acid groups (broad SMARTS) is 1. The van der Waals surface area contributed by atoms with Crippen LogP contribution in [0.4, 0.5) is 0 Å². The molecule has 0 bridgehead atoms. The SMILES string of the molecule is C=CC(=O)OCCN=C=O.CCC(=O)O. The van der Waals surface area contributed by atoms with Gasteiger partial charge < -0.3 is 9.84 Å². The third kappa shape index (κ3) is 18.8. The topological polar surface area (TPSA) is 93.0 Å². The van der Waals surface area contributed by atoms with Gasteiger partial charge in [-0.3, -0.25) is 4.79 Å². The van der Waals surface area contributed by atoms with Gasteiger partial charge >= 0.3 is 11.9 Å². The molecule has 0 aromatic rings. The first-order valence-electron chi connectivity index (χ1n) is 4.13. The molecule has 0 aliphatic rings. The van der Waals surface area contributed by atoms with Crippen molar-refractivity contribution in [2.45, 2.75) is 13.3 Å². The average Bonchev–Trinajstić information content (AvgIpc) is 2.24. The van der Waals surface area contributed by atoms with E-state index < -0.39 is 11.9 Å². The molecule has 15 heavy (non-hydrogen) atoms. The van der Waals surface area contributed by atoms with E-state index in [-0.39, 0.29) is 19.6 Å². The molecule has 84 valence electrons. The summed E-state index contributed by atoms with van der Waals surface area (Å²) >= 11 is 0. The second kappa shape index (κ2) is 12.1. The Morgan fingerprint density at radius 3 is 2.47 bits per heavy atom. The zero-order chi connectivity index (χ0) is 12.1. The van der Waals surface area contributed by atoms with E-state index in [4.69, 9.17) is 5.11 Å². The number of hydrogen-bond donors (Lipinski definition) is 1. The number of ether oxygens (including phenoxy) is 1.